The molecule has 0 unspecified atom stereocenters. The van der Waals surface area contributed by atoms with Gasteiger partial charge in [-0.25, -0.2) is 0 Å². The Morgan fingerprint density at radius 2 is 2.00 bits per heavy atom. The molecule has 1 aromatic carbocycles. The molecule has 0 radical (unpaired) electrons. The second-order valence-electron chi connectivity index (χ2n) is 4.55. The van der Waals surface area contributed by atoms with Gasteiger partial charge in [-0.2, -0.15) is 0 Å². The predicted molar refractivity (Wildman–Crippen MR) is 82.2 cm³/mol. The van der Waals surface area contributed by atoms with Crippen molar-refractivity contribution in [2.75, 3.05) is 38.7 Å². The monoisotopic (exact) mass is 293 g/mol. The minimum Gasteiger partial charge on any atom is -0.383 e. The number of aryl methyl sites for hydroxylation is 1. The molecule has 1 rings (SSSR count). The number of methoxy groups -OCH3 is 1. The third-order valence-electron chi connectivity index (χ3n) is 2.83. The minimum atomic E-state index is -0.242. The molecule has 3 N–H and O–H groups in total. The van der Waals surface area contributed by atoms with Gasteiger partial charge in [-0.15, -0.1) is 0 Å². The van der Waals surface area contributed by atoms with E-state index in [1.165, 1.54) is 0 Å². The largest absolute Gasteiger partial charge is 0.383 e. The van der Waals surface area contributed by atoms with Crippen LogP contribution < -0.4 is 16.0 Å². The van der Waals surface area contributed by atoms with Crippen LogP contribution >= 0.6 is 0 Å². The van der Waals surface area contributed by atoms with Crippen LogP contribution in [-0.4, -0.2) is 45.2 Å². The third kappa shape index (κ3) is 7.43. The third-order valence-corrected chi connectivity index (χ3v) is 2.83. The first-order valence-electron chi connectivity index (χ1n) is 7.00. The minimum absolute atomic E-state index is 0.0405. The quantitative estimate of drug-likeness (QED) is 0.581. The van der Waals surface area contributed by atoms with E-state index in [0.717, 1.165) is 17.7 Å². The van der Waals surface area contributed by atoms with Crippen molar-refractivity contribution in [1.82, 2.24) is 10.6 Å². The maximum absolute atomic E-state index is 11.7. The van der Waals surface area contributed by atoms with Crippen molar-refractivity contribution < 1.29 is 14.3 Å². The van der Waals surface area contributed by atoms with Gasteiger partial charge < -0.3 is 20.7 Å². The molecule has 0 bridgehead atoms. The Hall–Kier alpha value is -1.92. The van der Waals surface area contributed by atoms with Crippen LogP contribution in [0.1, 0.15) is 12.5 Å². The zero-order chi connectivity index (χ0) is 15.5. The molecule has 0 aliphatic carbocycles. The van der Waals surface area contributed by atoms with Crippen molar-refractivity contribution >= 4 is 17.5 Å². The molecule has 0 saturated heterocycles. The first kappa shape index (κ1) is 17.1. The molecule has 0 aliphatic heterocycles. The molecule has 0 fully saturated rings. The molecule has 1 aromatic rings. The van der Waals surface area contributed by atoms with Crippen LogP contribution in [0.15, 0.2) is 24.3 Å². The van der Waals surface area contributed by atoms with E-state index in [-0.39, 0.29) is 24.9 Å². The molecule has 6 nitrogen and oxygen atoms in total. The summed E-state index contributed by atoms with van der Waals surface area (Å²) in [6, 6.07) is 7.65. The lowest BCUT2D eigenvalue weighted by Gasteiger charge is -2.08. The van der Waals surface area contributed by atoms with Gasteiger partial charge in [0.1, 0.15) is 0 Å². The van der Waals surface area contributed by atoms with Crippen molar-refractivity contribution in [2.45, 2.75) is 13.3 Å². The molecule has 0 saturated carbocycles. The van der Waals surface area contributed by atoms with Gasteiger partial charge in [0.25, 0.3) is 0 Å². The molecule has 0 aromatic heterocycles. The van der Waals surface area contributed by atoms with Gasteiger partial charge in [-0.05, 0) is 24.1 Å². The fourth-order valence-electron chi connectivity index (χ4n) is 1.69. The summed E-state index contributed by atoms with van der Waals surface area (Å²) < 4.78 is 4.85. The summed E-state index contributed by atoms with van der Waals surface area (Å²) in [5.74, 6) is -0.461. The van der Waals surface area contributed by atoms with E-state index in [1.807, 2.05) is 24.3 Å². The molecule has 0 atom stereocenters. The first-order valence-corrected chi connectivity index (χ1v) is 7.00. The zero-order valence-electron chi connectivity index (χ0n) is 12.6. The van der Waals surface area contributed by atoms with Crippen LogP contribution in [0.4, 0.5) is 5.69 Å². The summed E-state index contributed by atoms with van der Waals surface area (Å²) in [6.45, 7) is 3.32. The number of benzene rings is 1. The van der Waals surface area contributed by atoms with Gasteiger partial charge in [0, 0.05) is 19.3 Å². The van der Waals surface area contributed by atoms with E-state index >= 15 is 0 Å². The molecule has 116 valence electrons. The highest BCUT2D eigenvalue weighted by atomic mass is 16.5. The number of rotatable bonds is 9. The number of hydrogen-bond acceptors (Lipinski definition) is 4. The van der Waals surface area contributed by atoms with Gasteiger partial charge in [0.15, 0.2) is 0 Å². The topological polar surface area (TPSA) is 79.5 Å². The fourth-order valence-corrected chi connectivity index (χ4v) is 1.69. The second kappa shape index (κ2) is 9.90. The number of amides is 2. The van der Waals surface area contributed by atoms with Crippen LogP contribution in [0.3, 0.4) is 0 Å². The molecule has 0 heterocycles. The second-order valence-corrected chi connectivity index (χ2v) is 4.55. The van der Waals surface area contributed by atoms with Crippen LogP contribution in [0, 0.1) is 0 Å². The van der Waals surface area contributed by atoms with Gasteiger partial charge in [-0.1, -0.05) is 19.1 Å². The summed E-state index contributed by atoms with van der Waals surface area (Å²) in [6.07, 6.45) is 0.910. The summed E-state index contributed by atoms with van der Waals surface area (Å²) in [5, 5.41) is 8.21. The van der Waals surface area contributed by atoms with Gasteiger partial charge in [0.05, 0.1) is 19.7 Å². The lowest BCUT2D eigenvalue weighted by Crippen LogP contribution is -2.39. The van der Waals surface area contributed by atoms with Crippen molar-refractivity contribution in [3.8, 4) is 0 Å². The molecular formula is C15H23N3O3. The SMILES string of the molecule is CCc1cccc(NC(=O)CNC(=O)CNCCOC)c1. The van der Waals surface area contributed by atoms with E-state index in [4.69, 9.17) is 4.74 Å². The highest BCUT2D eigenvalue weighted by Gasteiger charge is 2.05. The van der Waals surface area contributed by atoms with Crippen molar-refractivity contribution in [1.29, 1.82) is 0 Å². The number of carbonyl (C=O) groups excluding carboxylic acids is 2. The number of nitrogens with one attached hydrogen (secondary N) is 3. The van der Waals surface area contributed by atoms with Crippen LogP contribution in [-0.2, 0) is 20.7 Å². The van der Waals surface area contributed by atoms with Crippen molar-refractivity contribution in [3.63, 3.8) is 0 Å². The predicted octanol–water partition coefficient (Wildman–Crippen LogP) is 0.540. The molecule has 0 aliphatic rings. The number of ether oxygens (including phenoxy) is 1. The van der Waals surface area contributed by atoms with E-state index in [1.54, 1.807) is 7.11 Å². The average molecular weight is 293 g/mol. The highest BCUT2D eigenvalue weighted by Crippen LogP contribution is 2.10. The standard InChI is InChI=1S/C15H23N3O3/c1-3-12-5-4-6-13(9-12)18-15(20)11-17-14(19)10-16-7-8-21-2/h4-6,9,16H,3,7-8,10-11H2,1-2H3,(H,17,19)(H,18,20). The maximum Gasteiger partial charge on any atom is 0.243 e. The van der Waals surface area contributed by atoms with E-state index in [9.17, 15) is 9.59 Å². The Kier molecular flexibility index (Phi) is 8.08. The molecule has 6 heteroatoms. The summed E-state index contributed by atoms with van der Waals surface area (Å²) >= 11 is 0. The molecule has 0 spiro atoms. The lowest BCUT2D eigenvalue weighted by molar-refractivity contribution is -0.123. The van der Waals surface area contributed by atoms with Crippen LogP contribution in [0.5, 0.6) is 0 Å². The smallest absolute Gasteiger partial charge is 0.243 e. The van der Waals surface area contributed by atoms with E-state index in [2.05, 4.69) is 22.9 Å². The van der Waals surface area contributed by atoms with E-state index < -0.39 is 0 Å². The van der Waals surface area contributed by atoms with Crippen molar-refractivity contribution in [3.05, 3.63) is 29.8 Å². The van der Waals surface area contributed by atoms with Crippen LogP contribution in [0.2, 0.25) is 0 Å². The normalized spacial score (nSPS) is 10.2. The molecule has 21 heavy (non-hydrogen) atoms. The van der Waals surface area contributed by atoms with Gasteiger partial charge in [0.2, 0.25) is 11.8 Å². The van der Waals surface area contributed by atoms with Crippen molar-refractivity contribution in [2.24, 2.45) is 0 Å². The average Bonchev–Trinajstić information content (AvgIpc) is 2.50. The fraction of sp³-hybridized carbons (Fsp3) is 0.467. The Labute approximate surface area is 125 Å². The summed E-state index contributed by atoms with van der Waals surface area (Å²) in [4.78, 5) is 23.2. The Morgan fingerprint density at radius 1 is 1.19 bits per heavy atom. The molecule has 2 amide bonds. The first-order chi connectivity index (χ1) is 10.2. The summed E-state index contributed by atoms with van der Waals surface area (Å²) in [5.41, 5.74) is 1.89. The molecular weight excluding hydrogens is 270 g/mol. The highest BCUT2D eigenvalue weighted by molar-refractivity contribution is 5.94. The Balaban J connectivity index is 2.25. The van der Waals surface area contributed by atoms with Gasteiger partial charge >= 0.3 is 0 Å². The number of hydrogen-bond donors (Lipinski definition) is 3. The Morgan fingerprint density at radius 3 is 2.71 bits per heavy atom. The number of carbonyl (C=O) groups is 2. The zero-order valence-corrected chi connectivity index (χ0v) is 12.6. The van der Waals surface area contributed by atoms with Crippen LogP contribution in [0.25, 0.3) is 0 Å². The van der Waals surface area contributed by atoms with E-state index in [0.29, 0.717) is 13.2 Å². The maximum atomic E-state index is 11.7. The number of anilines is 1. The summed E-state index contributed by atoms with van der Waals surface area (Å²) in [7, 11) is 1.60. The lowest BCUT2D eigenvalue weighted by atomic mass is 10.1. The van der Waals surface area contributed by atoms with Gasteiger partial charge in [-0.3, -0.25) is 9.59 Å². The Bertz CT molecular complexity index is 463.